The van der Waals surface area contributed by atoms with Crippen LogP contribution in [0.1, 0.15) is 81.9 Å². The SMILES string of the molecule is C[C@H](N)CCCc1cc(Cl)c(F)c(-c2cc3cn(-c4ccc([C@@H]5CCC[C@@H](CCOC(=N)N)N5CCC5CC5)cc4)c(=O)nc3[nH]2)c1. The summed E-state index contributed by atoms with van der Waals surface area (Å²) < 4.78 is 22.1. The molecule has 6 rings (SSSR count). The summed E-state index contributed by atoms with van der Waals surface area (Å²) in [6.07, 6.45) is 12.2. The van der Waals surface area contributed by atoms with Crippen molar-refractivity contribution < 1.29 is 9.13 Å². The average Bonchev–Trinajstić information content (AvgIpc) is 3.78. The molecular formula is C36H45ClFN7O2. The number of H-pyrrole nitrogens is 1. The second-order valence-electron chi connectivity index (χ2n) is 13.4. The van der Waals surface area contributed by atoms with Crippen molar-refractivity contribution in [1.82, 2.24) is 19.4 Å². The van der Waals surface area contributed by atoms with Crippen molar-refractivity contribution in [3.05, 3.63) is 81.1 Å². The summed E-state index contributed by atoms with van der Waals surface area (Å²) in [6.45, 7) is 3.46. The first-order valence-electron chi connectivity index (χ1n) is 16.9. The number of aromatic nitrogens is 3. The van der Waals surface area contributed by atoms with Crippen molar-refractivity contribution in [2.45, 2.75) is 89.3 Å². The third kappa shape index (κ3) is 8.05. The Hall–Kier alpha value is -3.73. The van der Waals surface area contributed by atoms with Crippen LogP contribution in [0.4, 0.5) is 4.39 Å². The lowest BCUT2D eigenvalue weighted by Crippen LogP contribution is -2.43. The maximum absolute atomic E-state index is 15.2. The zero-order chi connectivity index (χ0) is 33.1. The van der Waals surface area contributed by atoms with Crippen molar-refractivity contribution >= 4 is 28.7 Å². The molecule has 47 heavy (non-hydrogen) atoms. The molecule has 1 aliphatic heterocycles. The van der Waals surface area contributed by atoms with E-state index in [0.717, 1.165) is 63.0 Å². The van der Waals surface area contributed by atoms with Crippen molar-refractivity contribution in [2.75, 3.05) is 13.2 Å². The largest absolute Gasteiger partial charge is 0.466 e. The molecule has 0 radical (unpaired) electrons. The van der Waals surface area contributed by atoms with Crippen LogP contribution in [0.3, 0.4) is 0 Å². The number of halogens is 2. The Kier molecular flexibility index (Phi) is 10.3. The van der Waals surface area contributed by atoms with Gasteiger partial charge in [0.1, 0.15) is 5.65 Å². The Morgan fingerprint density at radius 3 is 2.68 bits per heavy atom. The molecule has 0 bridgehead atoms. The minimum absolute atomic E-state index is 0.0596. The maximum atomic E-state index is 15.2. The molecule has 1 aliphatic carbocycles. The number of nitrogens with two attached hydrogens (primary N) is 2. The first-order valence-corrected chi connectivity index (χ1v) is 17.2. The number of likely N-dealkylation sites (tertiary alicyclic amines) is 1. The Morgan fingerprint density at radius 2 is 1.96 bits per heavy atom. The molecule has 3 atom stereocenters. The zero-order valence-electron chi connectivity index (χ0n) is 27.0. The van der Waals surface area contributed by atoms with Crippen molar-refractivity contribution in [3.63, 3.8) is 0 Å². The molecule has 1 saturated carbocycles. The summed E-state index contributed by atoms with van der Waals surface area (Å²) >= 11 is 6.29. The number of fused-ring (bicyclic) bond motifs is 1. The first kappa shape index (κ1) is 33.2. The number of piperidine rings is 1. The molecule has 0 unspecified atom stereocenters. The van der Waals surface area contributed by atoms with Crippen LogP contribution >= 0.6 is 11.6 Å². The third-order valence-electron chi connectivity index (χ3n) is 9.65. The standard InChI is InChI=1S/C36H45ClFN7O2/c1-22(39)4-2-5-24-18-29(33(38)30(37)19-24)31-20-26-21-45(36(46)43-34(26)42-31)28-12-10-25(11-13-28)32-7-3-6-27(15-17-47-35(40)41)44(32)16-14-23-8-9-23/h10-13,18-23,27,32H,2-9,14-17,39H2,1H3,(H3,40,41)(H,42,43,46)/t22-,27-,32-/m0/s1. The Morgan fingerprint density at radius 1 is 1.17 bits per heavy atom. The average molecular weight is 662 g/mol. The number of amidine groups is 1. The number of aryl methyl sites for hydroxylation is 1. The van der Waals surface area contributed by atoms with E-state index in [1.165, 1.54) is 29.4 Å². The van der Waals surface area contributed by atoms with E-state index in [9.17, 15) is 4.79 Å². The summed E-state index contributed by atoms with van der Waals surface area (Å²) in [4.78, 5) is 23.3. The number of rotatable bonds is 13. The number of nitrogens with zero attached hydrogens (tertiary/aromatic N) is 3. The minimum atomic E-state index is -0.512. The van der Waals surface area contributed by atoms with Crippen LogP contribution in [-0.4, -0.2) is 50.7 Å². The second-order valence-corrected chi connectivity index (χ2v) is 13.8. The van der Waals surface area contributed by atoms with Gasteiger partial charge in [0.05, 0.1) is 23.0 Å². The van der Waals surface area contributed by atoms with Gasteiger partial charge in [0.15, 0.2) is 5.82 Å². The smallest absolute Gasteiger partial charge is 0.354 e. The molecule has 3 heterocycles. The maximum Gasteiger partial charge on any atom is 0.354 e. The van der Waals surface area contributed by atoms with Gasteiger partial charge in [0.25, 0.3) is 6.02 Å². The van der Waals surface area contributed by atoms with Crippen molar-refractivity contribution in [3.8, 4) is 16.9 Å². The Balaban J connectivity index is 1.23. The summed E-state index contributed by atoms with van der Waals surface area (Å²) in [5, 5.41) is 8.17. The van der Waals surface area contributed by atoms with E-state index in [-0.39, 0.29) is 23.1 Å². The van der Waals surface area contributed by atoms with E-state index in [0.29, 0.717) is 40.6 Å². The second kappa shape index (κ2) is 14.6. The summed E-state index contributed by atoms with van der Waals surface area (Å²) in [5.41, 5.74) is 15.0. The molecule has 2 aromatic heterocycles. The summed E-state index contributed by atoms with van der Waals surface area (Å²) in [6, 6.07) is 14.0. The molecule has 2 aliphatic rings. The highest BCUT2D eigenvalue weighted by Gasteiger charge is 2.33. The predicted molar refractivity (Wildman–Crippen MR) is 186 cm³/mol. The number of hydrogen-bond donors (Lipinski definition) is 4. The van der Waals surface area contributed by atoms with Gasteiger partial charge in [-0.3, -0.25) is 14.9 Å². The quantitative estimate of drug-likeness (QED) is 0.0914. The highest BCUT2D eigenvalue weighted by Crippen LogP contribution is 2.39. The van der Waals surface area contributed by atoms with E-state index in [2.05, 4.69) is 27.0 Å². The molecule has 4 aromatic rings. The van der Waals surface area contributed by atoms with Gasteiger partial charge < -0.3 is 21.2 Å². The highest BCUT2D eigenvalue weighted by atomic mass is 35.5. The number of benzene rings is 2. The number of nitrogens with one attached hydrogen (secondary N) is 2. The first-order chi connectivity index (χ1) is 22.7. The third-order valence-corrected chi connectivity index (χ3v) is 9.93. The van der Waals surface area contributed by atoms with Crippen molar-refractivity contribution in [2.24, 2.45) is 17.4 Å². The monoisotopic (exact) mass is 661 g/mol. The lowest BCUT2D eigenvalue weighted by molar-refractivity contribution is 0.0634. The molecule has 1 saturated heterocycles. The van der Waals surface area contributed by atoms with Crippen LogP contribution in [0.5, 0.6) is 0 Å². The highest BCUT2D eigenvalue weighted by molar-refractivity contribution is 6.31. The van der Waals surface area contributed by atoms with E-state index in [1.54, 1.807) is 18.3 Å². The fraction of sp³-hybridized carbons (Fsp3) is 0.472. The van der Waals surface area contributed by atoms with Gasteiger partial charge in [-0.25, -0.2) is 9.18 Å². The fourth-order valence-electron chi connectivity index (χ4n) is 6.98. The molecule has 250 valence electrons. The lowest BCUT2D eigenvalue weighted by Gasteiger charge is -2.43. The number of aromatic amines is 1. The van der Waals surface area contributed by atoms with Gasteiger partial charge >= 0.3 is 5.69 Å². The predicted octanol–water partition coefficient (Wildman–Crippen LogP) is 6.84. The van der Waals surface area contributed by atoms with E-state index in [1.807, 2.05) is 25.1 Å². The van der Waals surface area contributed by atoms with Crippen LogP contribution in [-0.2, 0) is 11.2 Å². The number of ether oxygens (including phenoxy) is 1. The molecule has 0 amide bonds. The molecule has 2 fully saturated rings. The Bertz CT molecular complexity index is 1770. The fourth-order valence-corrected chi connectivity index (χ4v) is 7.22. The van der Waals surface area contributed by atoms with E-state index < -0.39 is 11.5 Å². The van der Waals surface area contributed by atoms with Gasteiger partial charge in [-0.15, -0.1) is 0 Å². The van der Waals surface area contributed by atoms with Crippen LogP contribution in [0.15, 0.2) is 53.5 Å². The van der Waals surface area contributed by atoms with Crippen LogP contribution in [0.2, 0.25) is 5.02 Å². The zero-order valence-corrected chi connectivity index (χ0v) is 27.7. The molecule has 11 heteroatoms. The molecule has 9 nitrogen and oxygen atoms in total. The molecular weight excluding hydrogens is 617 g/mol. The Labute approximate surface area is 280 Å². The van der Waals surface area contributed by atoms with Gasteiger partial charge in [-0.2, -0.15) is 4.98 Å². The van der Waals surface area contributed by atoms with Gasteiger partial charge in [0, 0.05) is 35.3 Å². The van der Waals surface area contributed by atoms with E-state index in [4.69, 9.17) is 33.2 Å². The topological polar surface area (TPSA) is 139 Å². The molecule has 2 aromatic carbocycles. The van der Waals surface area contributed by atoms with Gasteiger partial charge in [-0.1, -0.05) is 36.6 Å². The normalized spacial score (nSPS) is 19.2. The van der Waals surface area contributed by atoms with Crippen LogP contribution in [0, 0.1) is 17.1 Å². The minimum Gasteiger partial charge on any atom is -0.466 e. The molecule has 0 spiro atoms. The lowest BCUT2D eigenvalue weighted by atomic mass is 9.89. The van der Waals surface area contributed by atoms with Gasteiger partial charge in [0.2, 0.25) is 0 Å². The number of hydrogen-bond acceptors (Lipinski definition) is 6. The van der Waals surface area contributed by atoms with Crippen LogP contribution in [0.25, 0.3) is 28.0 Å². The van der Waals surface area contributed by atoms with Crippen LogP contribution < -0.4 is 17.2 Å². The molecule has 6 N–H and O–H groups in total. The van der Waals surface area contributed by atoms with E-state index >= 15 is 4.39 Å². The van der Waals surface area contributed by atoms with Gasteiger partial charge in [-0.05, 0) is 112 Å². The summed E-state index contributed by atoms with van der Waals surface area (Å²) in [5.74, 6) is 0.322. The summed E-state index contributed by atoms with van der Waals surface area (Å²) in [7, 11) is 0. The van der Waals surface area contributed by atoms with Crippen molar-refractivity contribution in [1.29, 1.82) is 5.41 Å².